The predicted molar refractivity (Wildman–Crippen MR) is 102 cm³/mol. The minimum Gasteiger partial charge on any atom is -0.315 e. The van der Waals surface area contributed by atoms with Crippen molar-refractivity contribution in [3.8, 4) is 11.8 Å². The van der Waals surface area contributed by atoms with Gasteiger partial charge < -0.3 is 10.2 Å². The molecule has 0 saturated heterocycles. The van der Waals surface area contributed by atoms with Crippen LogP contribution < -0.4 is 10.2 Å². The van der Waals surface area contributed by atoms with E-state index in [-0.39, 0.29) is 11.4 Å². The number of para-hydroxylation sites is 1. The molecule has 1 aliphatic heterocycles. The highest BCUT2D eigenvalue weighted by molar-refractivity contribution is 5.95. The fourth-order valence-electron chi connectivity index (χ4n) is 2.89. The summed E-state index contributed by atoms with van der Waals surface area (Å²) in [6.07, 6.45) is 1.28. The maximum Gasteiger partial charge on any atom is 0.227 e. The number of nitrogens with zero attached hydrogens (tertiary/aromatic N) is 1. The Morgan fingerprint density at radius 3 is 2.48 bits per heavy atom. The molecule has 1 heterocycles. The second-order valence-electron chi connectivity index (χ2n) is 7.04. The van der Waals surface area contributed by atoms with Crippen molar-refractivity contribution < 1.29 is 4.79 Å². The molecule has 1 aliphatic rings. The number of carbonyl (C=O) groups is 1. The Kier molecular flexibility index (Phi) is 4.92. The number of hydrogen-bond acceptors (Lipinski definition) is 2. The third kappa shape index (κ3) is 3.92. The van der Waals surface area contributed by atoms with E-state index in [1.165, 1.54) is 0 Å². The summed E-state index contributed by atoms with van der Waals surface area (Å²) in [6.45, 7) is 4.78. The Hall–Kier alpha value is -2.57. The Morgan fingerprint density at radius 2 is 1.72 bits per heavy atom. The second kappa shape index (κ2) is 7.13. The van der Waals surface area contributed by atoms with Crippen molar-refractivity contribution in [1.29, 1.82) is 0 Å². The lowest BCUT2D eigenvalue weighted by atomic mass is 9.97. The molecule has 0 spiro atoms. The van der Waals surface area contributed by atoms with E-state index in [9.17, 15) is 4.79 Å². The molecule has 3 heteroatoms. The summed E-state index contributed by atoms with van der Waals surface area (Å²) in [7, 11) is 1.93. The quantitative estimate of drug-likeness (QED) is 0.866. The molecule has 0 atom stereocenters. The largest absolute Gasteiger partial charge is 0.315 e. The van der Waals surface area contributed by atoms with E-state index >= 15 is 0 Å². The number of fused-ring (bicyclic) bond motifs is 2. The van der Waals surface area contributed by atoms with Crippen LogP contribution in [0.5, 0.6) is 0 Å². The van der Waals surface area contributed by atoms with Crippen LogP contribution in [0.3, 0.4) is 0 Å². The summed E-state index contributed by atoms with van der Waals surface area (Å²) >= 11 is 0. The van der Waals surface area contributed by atoms with Gasteiger partial charge in [0, 0.05) is 23.1 Å². The van der Waals surface area contributed by atoms with Gasteiger partial charge in [-0.15, -0.1) is 0 Å². The first kappa shape index (κ1) is 17.3. The van der Waals surface area contributed by atoms with Crippen molar-refractivity contribution >= 4 is 11.6 Å². The van der Waals surface area contributed by atoms with Crippen LogP contribution in [0.15, 0.2) is 48.5 Å². The van der Waals surface area contributed by atoms with Crippen LogP contribution in [0.1, 0.15) is 43.4 Å². The smallest absolute Gasteiger partial charge is 0.227 e. The minimum absolute atomic E-state index is 0.0599. The molecular formula is C22H24N2O. The number of benzene rings is 2. The van der Waals surface area contributed by atoms with Crippen molar-refractivity contribution in [3.63, 3.8) is 0 Å². The predicted octanol–water partition coefficient (Wildman–Crippen LogP) is 3.71. The summed E-state index contributed by atoms with van der Waals surface area (Å²) < 4.78 is 0. The molecule has 0 fully saturated rings. The third-order valence-electron chi connectivity index (χ3n) is 4.81. The number of rotatable bonds is 4. The first-order valence-electron chi connectivity index (χ1n) is 8.68. The van der Waals surface area contributed by atoms with Crippen molar-refractivity contribution in [3.05, 3.63) is 65.2 Å². The highest BCUT2D eigenvalue weighted by Gasteiger charge is 2.23. The van der Waals surface area contributed by atoms with Crippen LogP contribution in [-0.2, 0) is 11.3 Å². The molecule has 3 rings (SSSR count). The number of hydrogen-bond donors (Lipinski definition) is 1. The summed E-state index contributed by atoms with van der Waals surface area (Å²) in [5.41, 5.74) is 3.82. The van der Waals surface area contributed by atoms with Gasteiger partial charge in [-0.3, -0.25) is 4.79 Å². The van der Waals surface area contributed by atoms with Crippen molar-refractivity contribution in [1.82, 2.24) is 5.32 Å². The molecule has 0 aliphatic carbocycles. The molecule has 1 N–H and O–H groups in total. The molecule has 3 nitrogen and oxygen atoms in total. The van der Waals surface area contributed by atoms with Gasteiger partial charge in [0.15, 0.2) is 0 Å². The fraction of sp³-hybridized carbons (Fsp3) is 0.318. The lowest BCUT2D eigenvalue weighted by Gasteiger charge is -2.28. The molecule has 25 heavy (non-hydrogen) atoms. The van der Waals surface area contributed by atoms with Crippen LogP contribution in [0.4, 0.5) is 5.69 Å². The van der Waals surface area contributed by atoms with Crippen LogP contribution in [0.25, 0.3) is 0 Å². The average Bonchev–Trinajstić information content (AvgIpc) is 2.62. The van der Waals surface area contributed by atoms with Gasteiger partial charge in [-0.25, -0.2) is 0 Å². The summed E-state index contributed by atoms with van der Waals surface area (Å²) in [6, 6.07) is 16.0. The van der Waals surface area contributed by atoms with Gasteiger partial charge in [-0.05, 0) is 51.1 Å². The lowest BCUT2D eigenvalue weighted by Crippen LogP contribution is -2.39. The van der Waals surface area contributed by atoms with Crippen LogP contribution in [0, 0.1) is 11.8 Å². The Morgan fingerprint density at radius 1 is 1.08 bits per heavy atom. The van der Waals surface area contributed by atoms with E-state index in [4.69, 9.17) is 0 Å². The number of carbonyl (C=O) groups excluding carboxylic acids is 1. The van der Waals surface area contributed by atoms with E-state index in [1.807, 2.05) is 54.4 Å². The van der Waals surface area contributed by atoms with Crippen LogP contribution in [-0.4, -0.2) is 18.5 Å². The van der Waals surface area contributed by atoms with Gasteiger partial charge in [-0.1, -0.05) is 42.2 Å². The van der Waals surface area contributed by atoms with Gasteiger partial charge in [0.1, 0.15) is 0 Å². The highest BCUT2D eigenvalue weighted by Crippen LogP contribution is 2.26. The minimum atomic E-state index is -0.0599. The first-order chi connectivity index (χ1) is 12.0. The maximum atomic E-state index is 13.0. The number of nitrogens with one attached hydrogen (secondary N) is 1. The highest BCUT2D eigenvalue weighted by atomic mass is 16.2. The molecule has 1 amide bonds. The monoisotopic (exact) mass is 332 g/mol. The Bertz CT molecular complexity index is 842. The van der Waals surface area contributed by atoms with E-state index in [1.54, 1.807) is 0 Å². The molecule has 128 valence electrons. The zero-order valence-electron chi connectivity index (χ0n) is 15.1. The van der Waals surface area contributed by atoms with Crippen LogP contribution >= 0.6 is 0 Å². The van der Waals surface area contributed by atoms with E-state index in [0.29, 0.717) is 13.0 Å². The Balaban J connectivity index is 1.96. The van der Waals surface area contributed by atoms with Gasteiger partial charge in [0.2, 0.25) is 5.91 Å². The molecule has 2 aromatic carbocycles. The topological polar surface area (TPSA) is 32.3 Å². The molecule has 2 aromatic rings. The molecular weight excluding hydrogens is 308 g/mol. The normalized spacial score (nSPS) is 13.0. The number of anilines is 1. The number of amides is 1. The van der Waals surface area contributed by atoms with Gasteiger partial charge in [0.05, 0.1) is 12.2 Å². The first-order valence-corrected chi connectivity index (χ1v) is 8.68. The van der Waals surface area contributed by atoms with E-state index < -0.39 is 0 Å². The molecule has 0 unspecified atom stereocenters. The fourth-order valence-corrected chi connectivity index (χ4v) is 2.89. The molecule has 0 aromatic heterocycles. The Labute approximate surface area is 150 Å². The van der Waals surface area contributed by atoms with Crippen molar-refractivity contribution in [2.45, 2.75) is 38.8 Å². The van der Waals surface area contributed by atoms with Crippen molar-refractivity contribution in [2.24, 2.45) is 0 Å². The summed E-state index contributed by atoms with van der Waals surface area (Å²) in [5.74, 6) is 6.62. The lowest BCUT2D eigenvalue weighted by molar-refractivity contribution is -0.119. The van der Waals surface area contributed by atoms with Gasteiger partial charge >= 0.3 is 0 Å². The van der Waals surface area contributed by atoms with Crippen molar-refractivity contribution in [2.75, 3.05) is 11.9 Å². The third-order valence-corrected chi connectivity index (χ3v) is 4.81. The molecule has 0 bridgehead atoms. The van der Waals surface area contributed by atoms with Crippen LogP contribution in [0.2, 0.25) is 0 Å². The zero-order valence-corrected chi connectivity index (χ0v) is 15.1. The van der Waals surface area contributed by atoms with Gasteiger partial charge in [0.25, 0.3) is 0 Å². The van der Waals surface area contributed by atoms with Gasteiger partial charge in [-0.2, -0.15) is 0 Å². The van der Waals surface area contributed by atoms with E-state index in [2.05, 4.69) is 37.1 Å². The molecule has 0 saturated carbocycles. The SMILES string of the molecule is CNC(C)(C)CCC(=O)N1Cc2ccccc2C#Cc2ccccc21. The standard InChI is InChI=1S/C22H24N2O/c1-22(2,23-3)15-14-21(25)24-16-19-10-5-4-8-17(19)12-13-18-9-6-7-11-20(18)24/h4-11,23H,14-16H2,1-3H3. The second-order valence-corrected chi connectivity index (χ2v) is 7.04. The average molecular weight is 332 g/mol. The summed E-state index contributed by atoms with van der Waals surface area (Å²) in [5, 5.41) is 3.26. The molecule has 0 radical (unpaired) electrons. The summed E-state index contributed by atoms with van der Waals surface area (Å²) in [4.78, 5) is 14.9. The van der Waals surface area contributed by atoms with E-state index in [0.717, 1.165) is 28.8 Å². The maximum absolute atomic E-state index is 13.0. The zero-order chi connectivity index (χ0) is 17.9.